The SMILES string of the molecule is COc1ccc(-n2cc(C=O)c(-c3ccsc3)n2)cc1. The second-order valence-electron chi connectivity index (χ2n) is 4.21. The standard InChI is InChI=1S/C15H12N2O2S/c1-19-14-4-2-13(3-5-14)17-8-12(9-18)15(16-17)11-6-7-20-10-11/h2-10H,1H3. The Morgan fingerprint density at radius 2 is 2.05 bits per heavy atom. The maximum atomic E-state index is 11.2. The van der Waals surface area contributed by atoms with Gasteiger partial charge < -0.3 is 4.74 Å². The number of thiophene rings is 1. The van der Waals surface area contributed by atoms with Crippen molar-refractivity contribution in [2.45, 2.75) is 0 Å². The lowest BCUT2D eigenvalue weighted by molar-refractivity contribution is 0.112. The minimum Gasteiger partial charge on any atom is -0.497 e. The summed E-state index contributed by atoms with van der Waals surface area (Å²) in [5.41, 5.74) is 3.14. The Balaban J connectivity index is 2.04. The summed E-state index contributed by atoms with van der Waals surface area (Å²) in [6, 6.07) is 9.48. The second kappa shape index (κ2) is 5.30. The van der Waals surface area contributed by atoms with Crippen molar-refractivity contribution in [1.82, 2.24) is 9.78 Å². The Hall–Kier alpha value is -2.40. The van der Waals surface area contributed by atoms with Crippen LogP contribution in [0.2, 0.25) is 0 Å². The zero-order valence-corrected chi connectivity index (χ0v) is 11.6. The van der Waals surface area contributed by atoms with Gasteiger partial charge in [0.05, 0.1) is 18.4 Å². The van der Waals surface area contributed by atoms with Gasteiger partial charge in [-0.1, -0.05) is 0 Å². The Morgan fingerprint density at radius 3 is 2.65 bits per heavy atom. The van der Waals surface area contributed by atoms with Gasteiger partial charge in [-0.2, -0.15) is 16.4 Å². The van der Waals surface area contributed by atoms with Crippen molar-refractivity contribution in [3.05, 3.63) is 52.9 Å². The van der Waals surface area contributed by atoms with Crippen LogP contribution in [0.1, 0.15) is 10.4 Å². The summed E-state index contributed by atoms with van der Waals surface area (Å²) in [7, 11) is 1.63. The molecule has 0 saturated heterocycles. The maximum absolute atomic E-state index is 11.2. The molecule has 0 radical (unpaired) electrons. The van der Waals surface area contributed by atoms with E-state index in [1.54, 1.807) is 29.3 Å². The van der Waals surface area contributed by atoms with Crippen molar-refractivity contribution in [1.29, 1.82) is 0 Å². The van der Waals surface area contributed by atoms with Crippen LogP contribution in [-0.2, 0) is 0 Å². The van der Waals surface area contributed by atoms with E-state index in [1.807, 2.05) is 41.1 Å². The molecular weight excluding hydrogens is 272 g/mol. The van der Waals surface area contributed by atoms with Crippen LogP contribution in [-0.4, -0.2) is 23.2 Å². The van der Waals surface area contributed by atoms with Crippen molar-refractivity contribution in [2.24, 2.45) is 0 Å². The summed E-state index contributed by atoms with van der Waals surface area (Å²) in [5.74, 6) is 0.787. The first-order chi connectivity index (χ1) is 9.81. The van der Waals surface area contributed by atoms with Gasteiger partial charge in [0.1, 0.15) is 11.4 Å². The highest BCUT2D eigenvalue weighted by atomic mass is 32.1. The van der Waals surface area contributed by atoms with Gasteiger partial charge in [0.25, 0.3) is 0 Å². The number of rotatable bonds is 4. The van der Waals surface area contributed by atoms with E-state index in [4.69, 9.17) is 4.74 Å². The van der Waals surface area contributed by atoms with Crippen LogP contribution in [0.25, 0.3) is 16.9 Å². The predicted molar refractivity (Wildman–Crippen MR) is 78.8 cm³/mol. The number of benzene rings is 1. The molecule has 2 aromatic heterocycles. The number of carbonyl (C=O) groups excluding carboxylic acids is 1. The number of methoxy groups -OCH3 is 1. The van der Waals surface area contributed by atoms with E-state index in [-0.39, 0.29) is 0 Å². The highest BCUT2D eigenvalue weighted by Crippen LogP contribution is 2.25. The van der Waals surface area contributed by atoms with E-state index in [0.717, 1.165) is 23.3 Å². The molecule has 100 valence electrons. The Labute approximate surface area is 120 Å². The van der Waals surface area contributed by atoms with E-state index in [0.29, 0.717) is 11.3 Å². The predicted octanol–water partition coefficient (Wildman–Crippen LogP) is 3.42. The van der Waals surface area contributed by atoms with Gasteiger partial charge in [0.15, 0.2) is 6.29 Å². The first kappa shape index (κ1) is 12.6. The van der Waals surface area contributed by atoms with Gasteiger partial charge in [0, 0.05) is 17.1 Å². The fourth-order valence-corrected chi connectivity index (χ4v) is 2.60. The molecule has 0 amide bonds. The molecule has 0 saturated carbocycles. The fraction of sp³-hybridized carbons (Fsp3) is 0.0667. The van der Waals surface area contributed by atoms with Crippen molar-refractivity contribution in [2.75, 3.05) is 7.11 Å². The lowest BCUT2D eigenvalue weighted by Gasteiger charge is -2.03. The maximum Gasteiger partial charge on any atom is 0.153 e. The second-order valence-corrected chi connectivity index (χ2v) is 4.99. The molecule has 5 heteroatoms. The first-order valence-corrected chi connectivity index (χ1v) is 6.98. The van der Waals surface area contributed by atoms with E-state index in [2.05, 4.69) is 5.10 Å². The third-order valence-corrected chi connectivity index (χ3v) is 3.68. The van der Waals surface area contributed by atoms with Crippen molar-refractivity contribution < 1.29 is 9.53 Å². The number of ether oxygens (including phenoxy) is 1. The van der Waals surface area contributed by atoms with Gasteiger partial charge in [-0.3, -0.25) is 4.79 Å². The smallest absolute Gasteiger partial charge is 0.153 e. The average molecular weight is 284 g/mol. The summed E-state index contributed by atoms with van der Waals surface area (Å²) in [5, 5.41) is 8.45. The highest BCUT2D eigenvalue weighted by Gasteiger charge is 2.11. The molecule has 4 nitrogen and oxygen atoms in total. The largest absolute Gasteiger partial charge is 0.497 e. The molecule has 0 aliphatic carbocycles. The average Bonchev–Trinajstić information content (AvgIpc) is 3.16. The quantitative estimate of drug-likeness (QED) is 0.689. The number of hydrogen-bond donors (Lipinski definition) is 0. The monoisotopic (exact) mass is 284 g/mol. The molecule has 0 fully saturated rings. The zero-order chi connectivity index (χ0) is 13.9. The van der Waals surface area contributed by atoms with Gasteiger partial charge in [-0.15, -0.1) is 0 Å². The van der Waals surface area contributed by atoms with Crippen molar-refractivity contribution in [3.8, 4) is 22.7 Å². The van der Waals surface area contributed by atoms with Crippen LogP contribution in [0.4, 0.5) is 0 Å². The molecule has 0 atom stereocenters. The summed E-state index contributed by atoms with van der Waals surface area (Å²) < 4.78 is 6.83. The van der Waals surface area contributed by atoms with Gasteiger partial charge >= 0.3 is 0 Å². The van der Waals surface area contributed by atoms with Crippen LogP contribution >= 0.6 is 11.3 Å². The number of nitrogens with zero attached hydrogens (tertiary/aromatic N) is 2. The van der Waals surface area contributed by atoms with Crippen LogP contribution < -0.4 is 4.74 Å². The molecular formula is C15H12N2O2S. The summed E-state index contributed by atoms with van der Waals surface area (Å²) >= 11 is 1.58. The fourth-order valence-electron chi connectivity index (χ4n) is 1.96. The normalized spacial score (nSPS) is 10.4. The molecule has 1 aromatic carbocycles. The van der Waals surface area contributed by atoms with E-state index in [1.165, 1.54) is 0 Å². The lowest BCUT2D eigenvalue weighted by Crippen LogP contribution is -1.94. The van der Waals surface area contributed by atoms with Gasteiger partial charge in [-0.05, 0) is 35.7 Å². The highest BCUT2D eigenvalue weighted by molar-refractivity contribution is 7.08. The molecule has 0 bridgehead atoms. The molecule has 0 N–H and O–H groups in total. The summed E-state index contributed by atoms with van der Waals surface area (Å²) in [6.07, 6.45) is 2.57. The Morgan fingerprint density at radius 1 is 1.25 bits per heavy atom. The number of aldehydes is 1. The molecule has 3 aromatic rings. The lowest BCUT2D eigenvalue weighted by atomic mass is 10.2. The number of hydrogen-bond acceptors (Lipinski definition) is 4. The van der Waals surface area contributed by atoms with Crippen LogP contribution in [0.3, 0.4) is 0 Å². The van der Waals surface area contributed by atoms with Crippen molar-refractivity contribution in [3.63, 3.8) is 0 Å². The van der Waals surface area contributed by atoms with Crippen LogP contribution in [0, 0.1) is 0 Å². The number of carbonyl (C=O) groups is 1. The third-order valence-electron chi connectivity index (χ3n) is 3.00. The molecule has 0 aliphatic rings. The summed E-state index contributed by atoms with van der Waals surface area (Å²) in [4.78, 5) is 11.2. The molecule has 2 heterocycles. The number of aromatic nitrogens is 2. The molecule has 0 spiro atoms. The Bertz CT molecular complexity index is 715. The topological polar surface area (TPSA) is 44.1 Å². The molecule has 3 rings (SSSR count). The van der Waals surface area contributed by atoms with E-state index < -0.39 is 0 Å². The zero-order valence-electron chi connectivity index (χ0n) is 10.8. The Kier molecular flexibility index (Phi) is 3.35. The van der Waals surface area contributed by atoms with Gasteiger partial charge in [-0.25, -0.2) is 4.68 Å². The minimum atomic E-state index is 0.583. The van der Waals surface area contributed by atoms with E-state index >= 15 is 0 Å². The molecule has 0 unspecified atom stereocenters. The van der Waals surface area contributed by atoms with Crippen LogP contribution in [0.15, 0.2) is 47.3 Å². The van der Waals surface area contributed by atoms with E-state index in [9.17, 15) is 4.79 Å². The van der Waals surface area contributed by atoms with Crippen molar-refractivity contribution >= 4 is 17.6 Å². The third kappa shape index (κ3) is 2.23. The minimum absolute atomic E-state index is 0.583. The molecule has 20 heavy (non-hydrogen) atoms. The van der Waals surface area contributed by atoms with Gasteiger partial charge in [0.2, 0.25) is 0 Å². The summed E-state index contributed by atoms with van der Waals surface area (Å²) in [6.45, 7) is 0. The van der Waals surface area contributed by atoms with Crippen LogP contribution in [0.5, 0.6) is 5.75 Å². The molecule has 0 aliphatic heterocycles. The first-order valence-electron chi connectivity index (χ1n) is 6.03.